The van der Waals surface area contributed by atoms with E-state index in [2.05, 4.69) is 26.1 Å². The van der Waals surface area contributed by atoms with Crippen LogP contribution in [0.25, 0.3) is 0 Å². The fourth-order valence-electron chi connectivity index (χ4n) is 8.12. The molecule has 1 aromatic carbocycles. The molecule has 5 fully saturated rings. The van der Waals surface area contributed by atoms with Crippen LogP contribution in [0.1, 0.15) is 109 Å². The smallest absolute Gasteiger partial charge is 0.457 e. The molecule has 13 heteroatoms. The molecule has 2 aliphatic heterocycles. The molecular formula is C37H56BN3O9. The first-order valence-corrected chi connectivity index (χ1v) is 18.0. The van der Waals surface area contributed by atoms with E-state index in [1.54, 1.807) is 26.8 Å². The second-order valence-corrected chi connectivity index (χ2v) is 17.3. The van der Waals surface area contributed by atoms with Gasteiger partial charge in [0.15, 0.2) is 0 Å². The highest BCUT2D eigenvalue weighted by molar-refractivity contribution is 6.45. The summed E-state index contributed by atoms with van der Waals surface area (Å²) in [4.78, 5) is 52.4. The number of nitrogens with zero attached hydrogens (tertiary/aromatic N) is 1. The number of primary amides is 1. The van der Waals surface area contributed by atoms with Crippen molar-refractivity contribution in [2.75, 3.05) is 13.1 Å². The summed E-state index contributed by atoms with van der Waals surface area (Å²) in [7, 11) is -0.310. The molecule has 5 aliphatic rings. The summed E-state index contributed by atoms with van der Waals surface area (Å²) in [6.07, 6.45) is 2.44. The number of hydrogen-bond donors (Lipinski definition) is 2. The minimum atomic E-state index is -0.992. The summed E-state index contributed by atoms with van der Waals surface area (Å²) in [5, 5.41) is 2.58. The zero-order valence-corrected chi connectivity index (χ0v) is 31.5. The number of rotatable bonds is 11. The van der Waals surface area contributed by atoms with Gasteiger partial charge in [-0.3, -0.25) is 9.59 Å². The lowest BCUT2D eigenvalue weighted by Gasteiger charge is -2.64. The lowest BCUT2D eigenvalue weighted by atomic mass is 9.43. The Morgan fingerprint density at radius 2 is 1.70 bits per heavy atom. The van der Waals surface area contributed by atoms with Crippen LogP contribution in [0.2, 0.25) is 6.32 Å². The monoisotopic (exact) mass is 697 g/mol. The number of alkyl carbamates (subject to hydrolysis) is 1. The van der Waals surface area contributed by atoms with Gasteiger partial charge in [-0.25, -0.2) is 9.59 Å². The Morgan fingerprint density at radius 3 is 2.30 bits per heavy atom. The SMILES string of the molecule is Cc1c(CCB2O[C@@H]3C[C@@H]4C[C@@H](C4(C)C)[C@]3(C)O2)ccc(OC2CN(C(=O)[C@@H](CCC(N)=O)NC(=O)OC(C)(C)C)C2)c1C(=O)OC(C)(C)C. The van der Waals surface area contributed by atoms with E-state index in [-0.39, 0.29) is 56.1 Å². The molecule has 0 aromatic heterocycles. The Morgan fingerprint density at radius 1 is 1.04 bits per heavy atom. The number of amides is 3. The number of likely N-dealkylation sites (tertiary alicyclic amines) is 1. The van der Waals surface area contributed by atoms with Crippen molar-refractivity contribution >= 4 is 31.0 Å². The first-order valence-electron chi connectivity index (χ1n) is 18.0. The molecule has 1 aromatic rings. The zero-order valence-electron chi connectivity index (χ0n) is 31.5. The molecule has 3 aliphatic carbocycles. The van der Waals surface area contributed by atoms with Gasteiger partial charge in [0.05, 0.1) is 24.8 Å². The van der Waals surface area contributed by atoms with Crippen molar-refractivity contribution < 1.29 is 42.7 Å². The quantitative estimate of drug-likeness (QED) is 0.241. The van der Waals surface area contributed by atoms with Gasteiger partial charge in [0.25, 0.3) is 0 Å². The van der Waals surface area contributed by atoms with E-state index in [1.165, 1.54) is 11.3 Å². The fraction of sp³-hybridized carbons (Fsp3) is 0.730. The summed E-state index contributed by atoms with van der Waals surface area (Å²) in [6, 6.07) is 2.77. The maximum Gasteiger partial charge on any atom is 0.457 e. The molecule has 50 heavy (non-hydrogen) atoms. The minimum absolute atomic E-state index is 0.0365. The van der Waals surface area contributed by atoms with Crippen LogP contribution in [0.5, 0.6) is 5.75 Å². The van der Waals surface area contributed by atoms with E-state index in [0.717, 1.165) is 17.5 Å². The number of aryl methyl sites for hydroxylation is 1. The molecule has 5 atom stereocenters. The van der Waals surface area contributed by atoms with Crippen molar-refractivity contribution in [3.8, 4) is 5.75 Å². The Labute approximate surface area is 296 Å². The van der Waals surface area contributed by atoms with Gasteiger partial charge in [-0.05, 0) is 122 Å². The molecule has 3 amide bonds. The third kappa shape index (κ3) is 8.09. The Bertz CT molecular complexity index is 1500. The van der Waals surface area contributed by atoms with Gasteiger partial charge in [0.2, 0.25) is 11.8 Å². The van der Waals surface area contributed by atoms with E-state index >= 15 is 0 Å². The van der Waals surface area contributed by atoms with Gasteiger partial charge in [-0.2, -0.15) is 0 Å². The third-order valence-electron chi connectivity index (χ3n) is 10.9. The normalized spacial score (nSPS) is 26.2. The van der Waals surface area contributed by atoms with Crippen LogP contribution in [-0.4, -0.2) is 84.0 Å². The minimum Gasteiger partial charge on any atom is -0.486 e. The average Bonchev–Trinajstić information content (AvgIpc) is 3.30. The second kappa shape index (κ2) is 13.7. The van der Waals surface area contributed by atoms with Gasteiger partial charge >= 0.3 is 19.2 Å². The average molecular weight is 698 g/mol. The Kier molecular flexibility index (Phi) is 10.4. The van der Waals surface area contributed by atoms with Gasteiger partial charge in [0, 0.05) is 6.42 Å². The maximum atomic E-state index is 13.6. The number of nitrogens with one attached hydrogen (secondary N) is 1. The molecule has 3 saturated carbocycles. The third-order valence-corrected chi connectivity index (χ3v) is 10.9. The summed E-state index contributed by atoms with van der Waals surface area (Å²) in [5.41, 5.74) is 5.93. The van der Waals surface area contributed by atoms with E-state index in [0.29, 0.717) is 35.9 Å². The van der Waals surface area contributed by atoms with Gasteiger partial charge < -0.3 is 39.5 Å². The Balaban J connectivity index is 1.25. The van der Waals surface area contributed by atoms with Gasteiger partial charge in [-0.15, -0.1) is 0 Å². The molecule has 276 valence electrons. The van der Waals surface area contributed by atoms with Crippen LogP contribution in [0, 0.1) is 24.2 Å². The van der Waals surface area contributed by atoms with Crippen LogP contribution in [-0.2, 0) is 34.8 Å². The first kappa shape index (κ1) is 37.9. The molecule has 3 N–H and O–H groups in total. The molecule has 0 unspecified atom stereocenters. The molecule has 12 nitrogen and oxygen atoms in total. The van der Waals surface area contributed by atoms with Gasteiger partial charge in [-0.1, -0.05) is 19.9 Å². The van der Waals surface area contributed by atoms with Crippen LogP contribution in [0.15, 0.2) is 12.1 Å². The molecular weight excluding hydrogens is 641 g/mol. The fourth-order valence-corrected chi connectivity index (χ4v) is 8.12. The Hall–Kier alpha value is -3.32. The molecule has 0 spiro atoms. The van der Waals surface area contributed by atoms with E-state index in [9.17, 15) is 19.2 Å². The van der Waals surface area contributed by atoms with Crippen molar-refractivity contribution in [3.63, 3.8) is 0 Å². The van der Waals surface area contributed by atoms with Crippen LogP contribution in [0.4, 0.5) is 4.79 Å². The first-order chi connectivity index (χ1) is 23.1. The largest absolute Gasteiger partial charge is 0.486 e. The number of benzene rings is 1. The summed E-state index contributed by atoms with van der Waals surface area (Å²) >= 11 is 0. The lowest BCUT2D eigenvalue weighted by molar-refractivity contribution is -0.199. The van der Waals surface area contributed by atoms with Crippen molar-refractivity contribution in [1.29, 1.82) is 0 Å². The number of nitrogens with two attached hydrogens (primary N) is 1. The van der Waals surface area contributed by atoms with Crippen LogP contribution < -0.4 is 15.8 Å². The number of carbonyl (C=O) groups excluding carboxylic acids is 4. The number of ether oxygens (including phenoxy) is 3. The number of hydrogen-bond acceptors (Lipinski definition) is 9. The van der Waals surface area contributed by atoms with Crippen molar-refractivity contribution in [2.24, 2.45) is 23.0 Å². The highest BCUT2D eigenvalue weighted by atomic mass is 16.7. The summed E-state index contributed by atoms with van der Waals surface area (Å²) in [5.74, 6) is 0.104. The lowest BCUT2D eigenvalue weighted by Crippen LogP contribution is -2.65. The van der Waals surface area contributed by atoms with Crippen molar-refractivity contribution in [1.82, 2.24) is 10.2 Å². The van der Waals surface area contributed by atoms with E-state index in [1.807, 2.05) is 33.8 Å². The number of carbonyl (C=O) groups is 4. The molecule has 0 radical (unpaired) electrons. The van der Waals surface area contributed by atoms with Gasteiger partial charge in [0.1, 0.15) is 34.7 Å². The highest BCUT2D eigenvalue weighted by Gasteiger charge is 2.67. The molecule has 2 saturated heterocycles. The predicted molar refractivity (Wildman–Crippen MR) is 188 cm³/mol. The zero-order chi connectivity index (χ0) is 37.0. The molecule has 6 rings (SSSR count). The summed E-state index contributed by atoms with van der Waals surface area (Å²) < 4.78 is 30.5. The van der Waals surface area contributed by atoms with E-state index in [4.69, 9.17) is 29.3 Å². The molecule has 2 bridgehead atoms. The number of esters is 1. The maximum absolute atomic E-state index is 13.6. The summed E-state index contributed by atoms with van der Waals surface area (Å²) in [6.45, 7) is 19.9. The van der Waals surface area contributed by atoms with Crippen LogP contribution >= 0.6 is 0 Å². The topological polar surface area (TPSA) is 156 Å². The van der Waals surface area contributed by atoms with Crippen molar-refractivity contribution in [3.05, 3.63) is 28.8 Å². The predicted octanol–water partition coefficient (Wildman–Crippen LogP) is 4.97. The standard InChI is InChI=1S/C37H56BN3O9/c1-21-22(15-16-38-49-28-18-23-17-27(36(23,8)9)37(28,10)50-38)11-13-26(30(21)32(44)47-34(2,3)4)46-24-19-41(20-24)31(43)25(12-14-29(39)42)40-33(45)48-35(5,6)7/h11,13,23-25,27-28H,12,14-20H2,1-10H3,(H2,39,42)(H,40,45)/t23-,25+,27-,28+,37-/m0/s1. The highest BCUT2D eigenvalue weighted by Crippen LogP contribution is 2.65. The van der Waals surface area contributed by atoms with E-state index < -0.39 is 41.3 Å². The molecule has 2 heterocycles. The van der Waals surface area contributed by atoms with Crippen LogP contribution in [0.3, 0.4) is 0 Å². The van der Waals surface area contributed by atoms with Crippen molar-refractivity contribution in [2.45, 2.75) is 143 Å². The second-order valence-electron chi connectivity index (χ2n) is 17.3.